The van der Waals surface area contributed by atoms with Crippen molar-refractivity contribution in [3.8, 4) is 0 Å². The third-order valence-corrected chi connectivity index (χ3v) is 5.25. The largest absolute Gasteiger partial charge is 1.00 e. The number of unbranched alkanes of at least 4 members (excludes halogenated alkanes) is 4. The second-order valence-electron chi connectivity index (χ2n) is 7.55. The van der Waals surface area contributed by atoms with Crippen molar-refractivity contribution in [1.29, 1.82) is 0 Å². The van der Waals surface area contributed by atoms with Crippen LogP contribution in [-0.4, -0.2) is 29.5 Å². The first-order valence-electron chi connectivity index (χ1n) is 11.4. The average molecular weight is 386 g/mol. The maximum Gasteiger partial charge on any atom is 1.00 e. The molecule has 2 atom stereocenters. The van der Waals surface area contributed by atoms with E-state index in [4.69, 9.17) is 0 Å². The molecular weight excluding hydrogens is 341 g/mol. The van der Waals surface area contributed by atoms with E-state index in [9.17, 15) is 9.90 Å². The van der Waals surface area contributed by atoms with Crippen molar-refractivity contribution in [3.63, 3.8) is 0 Å². The molecule has 0 saturated heterocycles. The molecule has 0 rings (SSSR count). The molecule has 0 spiro atoms. The molecule has 0 N–H and O–H groups in total. The number of hydrogen-bond donors (Lipinski definition) is 0. The molecule has 28 heavy (non-hydrogen) atoms. The SMILES string of the molecule is CCC/C=C/CCCC(CC)N(CC(=O)[O-])C(CC)CCC/C=C/CCC.[Li+]. The van der Waals surface area contributed by atoms with Gasteiger partial charge in [0.15, 0.2) is 0 Å². The molecule has 0 aromatic rings. The van der Waals surface area contributed by atoms with Crippen molar-refractivity contribution in [1.82, 2.24) is 4.90 Å². The number of carboxylic acid groups (broad SMARTS) is 1. The molecule has 0 bridgehead atoms. The van der Waals surface area contributed by atoms with Crippen LogP contribution in [0.1, 0.15) is 105 Å². The van der Waals surface area contributed by atoms with Crippen LogP contribution >= 0.6 is 0 Å². The molecule has 0 heterocycles. The summed E-state index contributed by atoms with van der Waals surface area (Å²) in [5.41, 5.74) is 0. The van der Waals surface area contributed by atoms with Gasteiger partial charge in [-0.25, -0.2) is 0 Å². The van der Waals surface area contributed by atoms with E-state index in [0.717, 1.165) is 64.2 Å². The minimum atomic E-state index is -0.947. The van der Waals surface area contributed by atoms with Gasteiger partial charge >= 0.3 is 18.9 Å². The van der Waals surface area contributed by atoms with Gasteiger partial charge in [-0.2, -0.15) is 0 Å². The topological polar surface area (TPSA) is 43.4 Å². The smallest absolute Gasteiger partial charge is 0.549 e. The van der Waals surface area contributed by atoms with Gasteiger partial charge in [-0.05, 0) is 64.2 Å². The van der Waals surface area contributed by atoms with E-state index >= 15 is 0 Å². The predicted octanol–water partition coefficient (Wildman–Crippen LogP) is 2.65. The maximum atomic E-state index is 11.4. The first-order valence-corrected chi connectivity index (χ1v) is 11.4. The number of carboxylic acids is 1. The number of allylic oxidation sites excluding steroid dienone is 4. The van der Waals surface area contributed by atoms with Crippen LogP contribution in [0.5, 0.6) is 0 Å². The number of hydrogen-bond acceptors (Lipinski definition) is 3. The summed E-state index contributed by atoms with van der Waals surface area (Å²) in [4.78, 5) is 13.6. The summed E-state index contributed by atoms with van der Waals surface area (Å²) >= 11 is 0. The van der Waals surface area contributed by atoms with Crippen LogP contribution in [0.4, 0.5) is 0 Å². The third kappa shape index (κ3) is 15.4. The molecule has 0 amide bonds. The van der Waals surface area contributed by atoms with E-state index in [1.165, 1.54) is 12.8 Å². The molecular formula is C24H44LiNO2. The number of nitrogens with zero attached hydrogens (tertiary/aromatic N) is 1. The first kappa shape index (κ1) is 29.7. The Bertz CT molecular complexity index is 379. The average Bonchev–Trinajstić information content (AvgIpc) is 2.65. The third-order valence-electron chi connectivity index (χ3n) is 5.25. The van der Waals surface area contributed by atoms with Gasteiger partial charge in [0.05, 0.1) is 5.97 Å². The monoisotopic (exact) mass is 385 g/mol. The van der Waals surface area contributed by atoms with E-state index in [-0.39, 0.29) is 25.4 Å². The fourth-order valence-corrected chi connectivity index (χ4v) is 3.66. The van der Waals surface area contributed by atoms with Gasteiger partial charge in [0.2, 0.25) is 0 Å². The first-order chi connectivity index (χ1) is 13.1. The van der Waals surface area contributed by atoms with Gasteiger partial charge in [-0.1, -0.05) is 64.8 Å². The minimum absolute atomic E-state index is 0. The fourth-order valence-electron chi connectivity index (χ4n) is 3.66. The van der Waals surface area contributed by atoms with Crippen molar-refractivity contribution in [2.45, 2.75) is 117 Å². The van der Waals surface area contributed by atoms with Crippen LogP contribution < -0.4 is 24.0 Å². The second-order valence-corrected chi connectivity index (χ2v) is 7.55. The van der Waals surface area contributed by atoms with E-state index in [0.29, 0.717) is 12.1 Å². The van der Waals surface area contributed by atoms with Crippen LogP contribution in [0.3, 0.4) is 0 Å². The van der Waals surface area contributed by atoms with Crippen LogP contribution in [0.15, 0.2) is 24.3 Å². The standard InChI is InChI=1S/C24H45NO2.Li/c1-5-9-11-13-15-17-19-22(7-3)25(21-24(26)27)23(8-4)20-18-16-14-12-10-6-2;/h11-14,22-23H,5-10,15-21H2,1-4H3,(H,26,27);/q;+1/p-1/b13-11+,14-12+;. The zero-order valence-electron chi connectivity index (χ0n) is 19.4. The van der Waals surface area contributed by atoms with Crippen molar-refractivity contribution in [2.75, 3.05) is 6.54 Å². The molecule has 0 aliphatic heterocycles. The zero-order valence-corrected chi connectivity index (χ0v) is 19.4. The molecule has 3 nitrogen and oxygen atoms in total. The predicted molar refractivity (Wildman–Crippen MR) is 116 cm³/mol. The molecule has 4 heteroatoms. The molecule has 0 aromatic carbocycles. The van der Waals surface area contributed by atoms with Gasteiger partial charge < -0.3 is 9.90 Å². The summed E-state index contributed by atoms with van der Waals surface area (Å²) in [5.74, 6) is -0.947. The Balaban J connectivity index is 0. The number of rotatable bonds is 18. The zero-order chi connectivity index (χ0) is 20.3. The van der Waals surface area contributed by atoms with Crippen molar-refractivity contribution >= 4 is 5.97 Å². The summed E-state index contributed by atoms with van der Waals surface area (Å²) in [7, 11) is 0. The summed E-state index contributed by atoms with van der Waals surface area (Å²) in [6.45, 7) is 8.81. The van der Waals surface area contributed by atoms with E-state index in [1.54, 1.807) is 0 Å². The number of carbonyl (C=O) groups excluding carboxylic acids is 1. The molecule has 0 saturated carbocycles. The normalized spacial score (nSPS) is 13.9. The minimum Gasteiger partial charge on any atom is -0.549 e. The van der Waals surface area contributed by atoms with Crippen LogP contribution in [0.25, 0.3) is 0 Å². The molecule has 158 valence electrons. The molecule has 2 unspecified atom stereocenters. The summed E-state index contributed by atoms with van der Waals surface area (Å²) in [6.07, 6.45) is 22.3. The van der Waals surface area contributed by atoms with Crippen LogP contribution in [0, 0.1) is 0 Å². The summed E-state index contributed by atoms with van der Waals surface area (Å²) in [6, 6.07) is 0.672. The van der Waals surface area contributed by atoms with Gasteiger partial charge in [0.1, 0.15) is 0 Å². The Morgan fingerprint density at radius 2 is 1.18 bits per heavy atom. The molecule has 0 fully saturated rings. The van der Waals surface area contributed by atoms with Crippen molar-refractivity contribution < 1.29 is 28.8 Å². The van der Waals surface area contributed by atoms with Crippen molar-refractivity contribution in [3.05, 3.63) is 24.3 Å². The second kappa shape index (κ2) is 21.2. The van der Waals surface area contributed by atoms with Gasteiger partial charge in [0, 0.05) is 18.6 Å². The molecule has 0 aliphatic rings. The van der Waals surface area contributed by atoms with E-state index in [2.05, 4.69) is 56.9 Å². The number of aliphatic carboxylic acids is 1. The molecule has 0 aliphatic carbocycles. The molecule has 0 aromatic heterocycles. The Morgan fingerprint density at radius 3 is 1.50 bits per heavy atom. The summed E-state index contributed by atoms with van der Waals surface area (Å²) < 4.78 is 0. The Kier molecular flexibility index (Phi) is 22.5. The summed E-state index contributed by atoms with van der Waals surface area (Å²) in [5, 5.41) is 11.4. The van der Waals surface area contributed by atoms with E-state index < -0.39 is 5.97 Å². The Morgan fingerprint density at radius 1 is 0.786 bits per heavy atom. The van der Waals surface area contributed by atoms with Crippen LogP contribution in [-0.2, 0) is 4.79 Å². The Labute approximate surface area is 187 Å². The quantitative estimate of drug-likeness (QED) is 0.207. The molecule has 0 radical (unpaired) electrons. The maximum absolute atomic E-state index is 11.4. The van der Waals surface area contributed by atoms with Crippen LogP contribution in [0.2, 0.25) is 0 Å². The van der Waals surface area contributed by atoms with Gasteiger partial charge in [0.25, 0.3) is 0 Å². The van der Waals surface area contributed by atoms with Gasteiger partial charge in [-0.3, -0.25) is 4.90 Å². The van der Waals surface area contributed by atoms with Crippen molar-refractivity contribution in [2.24, 2.45) is 0 Å². The van der Waals surface area contributed by atoms with Gasteiger partial charge in [-0.15, -0.1) is 0 Å². The number of carbonyl (C=O) groups is 1. The Hall–Kier alpha value is -0.493. The fraction of sp³-hybridized carbons (Fsp3) is 0.792. The van der Waals surface area contributed by atoms with E-state index in [1.807, 2.05) is 0 Å².